The number of likely N-dealkylation sites (tertiary alicyclic amines) is 1. The second kappa shape index (κ2) is 5.73. The van der Waals surface area contributed by atoms with E-state index in [-0.39, 0.29) is 17.9 Å². The number of nitrogens with zero attached hydrogens (tertiary/aromatic N) is 1. The summed E-state index contributed by atoms with van der Waals surface area (Å²) in [6.45, 7) is 2.94. The van der Waals surface area contributed by atoms with E-state index in [0.717, 1.165) is 32.2 Å². The van der Waals surface area contributed by atoms with Crippen molar-refractivity contribution in [2.75, 3.05) is 6.54 Å². The predicted molar refractivity (Wildman–Crippen MR) is 58.1 cm³/mol. The van der Waals surface area contributed by atoms with Crippen molar-refractivity contribution >= 4 is 11.8 Å². The summed E-state index contributed by atoms with van der Waals surface area (Å²) in [5, 5.41) is 0. The van der Waals surface area contributed by atoms with Gasteiger partial charge < -0.3 is 10.6 Å². The lowest BCUT2D eigenvalue weighted by atomic mass is 10.1. The van der Waals surface area contributed by atoms with Crippen LogP contribution in [0.2, 0.25) is 0 Å². The van der Waals surface area contributed by atoms with Gasteiger partial charge >= 0.3 is 0 Å². The van der Waals surface area contributed by atoms with E-state index in [9.17, 15) is 9.59 Å². The van der Waals surface area contributed by atoms with E-state index in [4.69, 9.17) is 5.73 Å². The van der Waals surface area contributed by atoms with Crippen LogP contribution in [-0.4, -0.2) is 29.3 Å². The van der Waals surface area contributed by atoms with Gasteiger partial charge in [-0.05, 0) is 19.3 Å². The van der Waals surface area contributed by atoms with Crippen molar-refractivity contribution in [3.05, 3.63) is 0 Å². The van der Waals surface area contributed by atoms with Crippen molar-refractivity contribution in [2.45, 2.75) is 51.5 Å². The number of hydrogen-bond acceptors (Lipinski definition) is 2. The average molecular weight is 212 g/mol. The number of unbranched alkanes of at least 4 members (excludes halogenated alkanes) is 1. The van der Waals surface area contributed by atoms with Gasteiger partial charge in [0.1, 0.15) is 0 Å². The quantitative estimate of drug-likeness (QED) is 0.715. The number of amides is 2. The van der Waals surface area contributed by atoms with Crippen molar-refractivity contribution < 1.29 is 9.59 Å². The lowest BCUT2D eigenvalue weighted by Gasteiger charge is -2.24. The number of nitrogens with two attached hydrogens (primary N) is 1. The Morgan fingerprint density at radius 2 is 2.33 bits per heavy atom. The Bertz CT molecular complexity index is 241. The number of hydrogen-bond donors (Lipinski definition) is 1. The monoisotopic (exact) mass is 212 g/mol. The maximum Gasteiger partial charge on any atom is 0.222 e. The summed E-state index contributed by atoms with van der Waals surface area (Å²) in [6, 6.07) is 0.247. The van der Waals surface area contributed by atoms with E-state index < -0.39 is 0 Å². The molecule has 1 heterocycles. The molecular formula is C11H20N2O2. The van der Waals surface area contributed by atoms with Crippen LogP contribution in [0, 0.1) is 0 Å². The lowest BCUT2D eigenvalue weighted by molar-refractivity contribution is -0.129. The molecule has 0 aromatic carbocycles. The van der Waals surface area contributed by atoms with E-state index in [1.807, 2.05) is 4.90 Å². The first-order valence-corrected chi connectivity index (χ1v) is 5.73. The third kappa shape index (κ3) is 3.53. The zero-order valence-corrected chi connectivity index (χ0v) is 9.37. The Balaban J connectivity index is 2.40. The summed E-state index contributed by atoms with van der Waals surface area (Å²) in [5.41, 5.74) is 5.11. The average Bonchev–Trinajstić information content (AvgIpc) is 2.53. The van der Waals surface area contributed by atoms with Gasteiger partial charge in [-0.25, -0.2) is 0 Å². The normalized spacial score (nSPS) is 21.0. The highest BCUT2D eigenvalue weighted by molar-refractivity contribution is 5.79. The van der Waals surface area contributed by atoms with E-state index in [1.54, 1.807) is 0 Å². The van der Waals surface area contributed by atoms with E-state index in [1.165, 1.54) is 0 Å². The molecule has 4 heteroatoms. The van der Waals surface area contributed by atoms with Crippen LogP contribution in [0.4, 0.5) is 0 Å². The molecule has 0 aromatic heterocycles. The largest absolute Gasteiger partial charge is 0.370 e. The molecule has 1 rings (SSSR count). The van der Waals surface area contributed by atoms with Crippen LogP contribution < -0.4 is 5.73 Å². The Morgan fingerprint density at radius 1 is 1.60 bits per heavy atom. The van der Waals surface area contributed by atoms with Gasteiger partial charge in [-0.2, -0.15) is 0 Å². The Labute approximate surface area is 90.8 Å². The second-order valence-electron chi connectivity index (χ2n) is 4.14. The third-order valence-electron chi connectivity index (χ3n) is 2.93. The molecule has 1 aliphatic rings. The molecule has 2 N–H and O–H groups in total. The number of carbonyl (C=O) groups excluding carboxylic acids is 2. The smallest absolute Gasteiger partial charge is 0.222 e. The van der Waals surface area contributed by atoms with Crippen molar-refractivity contribution in [1.82, 2.24) is 4.90 Å². The van der Waals surface area contributed by atoms with Gasteiger partial charge in [0.15, 0.2) is 0 Å². The predicted octanol–water partition coefficient (Wildman–Crippen LogP) is 1.04. The number of carbonyl (C=O) groups is 2. The molecule has 0 radical (unpaired) electrons. The van der Waals surface area contributed by atoms with Crippen LogP contribution in [0.3, 0.4) is 0 Å². The Hall–Kier alpha value is -1.06. The summed E-state index contributed by atoms with van der Waals surface area (Å²) < 4.78 is 0. The van der Waals surface area contributed by atoms with E-state index >= 15 is 0 Å². The summed E-state index contributed by atoms with van der Waals surface area (Å²) in [4.78, 5) is 24.1. The van der Waals surface area contributed by atoms with Crippen molar-refractivity contribution in [3.63, 3.8) is 0 Å². The molecule has 1 aliphatic heterocycles. The number of primary amides is 1. The van der Waals surface area contributed by atoms with E-state index in [2.05, 4.69) is 6.92 Å². The van der Waals surface area contributed by atoms with Crippen LogP contribution in [0.25, 0.3) is 0 Å². The molecular weight excluding hydrogens is 192 g/mol. The molecule has 4 nitrogen and oxygen atoms in total. The minimum absolute atomic E-state index is 0.234. The minimum atomic E-state index is -0.273. The standard InChI is InChI=1S/C11H20N2O2/c1-2-3-8-13-9(4-6-10(12)14)5-7-11(13)15/h9H,2-8H2,1H3,(H2,12,14)/t9-/m0/s1. The molecule has 0 bridgehead atoms. The fourth-order valence-corrected chi connectivity index (χ4v) is 2.04. The summed E-state index contributed by atoms with van der Waals surface area (Å²) in [6.07, 6.45) is 4.76. The zero-order chi connectivity index (χ0) is 11.3. The molecule has 15 heavy (non-hydrogen) atoms. The molecule has 1 saturated heterocycles. The fraction of sp³-hybridized carbons (Fsp3) is 0.818. The highest BCUT2D eigenvalue weighted by Gasteiger charge is 2.29. The van der Waals surface area contributed by atoms with Crippen molar-refractivity contribution in [3.8, 4) is 0 Å². The molecule has 0 unspecified atom stereocenters. The van der Waals surface area contributed by atoms with Gasteiger partial charge in [-0.3, -0.25) is 9.59 Å². The first kappa shape index (κ1) is 12.0. The molecule has 0 spiro atoms. The molecule has 2 amide bonds. The van der Waals surface area contributed by atoms with Gasteiger partial charge in [-0.1, -0.05) is 13.3 Å². The lowest BCUT2D eigenvalue weighted by Crippen LogP contribution is -2.34. The van der Waals surface area contributed by atoms with Gasteiger partial charge in [0.25, 0.3) is 0 Å². The highest BCUT2D eigenvalue weighted by Crippen LogP contribution is 2.22. The van der Waals surface area contributed by atoms with Gasteiger partial charge in [-0.15, -0.1) is 0 Å². The molecule has 0 aromatic rings. The van der Waals surface area contributed by atoms with Gasteiger partial charge in [0, 0.05) is 25.4 Å². The van der Waals surface area contributed by atoms with Crippen molar-refractivity contribution in [2.24, 2.45) is 5.73 Å². The highest BCUT2D eigenvalue weighted by atomic mass is 16.2. The van der Waals surface area contributed by atoms with Crippen LogP contribution in [0.15, 0.2) is 0 Å². The molecule has 86 valence electrons. The van der Waals surface area contributed by atoms with Crippen LogP contribution in [0.1, 0.15) is 45.4 Å². The molecule has 1 fully saturated rings. The van der Waals surface area contributed by atoms with Crippen LogP contribution in [0.5, 0.6) is 0 Å². The van der Waals surface area contributed by atoms with Gasteiger partial charge in [0.2, 0.25) is 11.8 Å². The maximum absolute atomic E-state index is 11.5. The van der Waals surface area contributed by atoms with Gasteiger partial charge in [0.05, 0.1) is 0 Å². The van der Waals surface area contributed by atoms with Crippen molar-refractivity contribution in [1.29, 1.82) is 0 Å². The van der Waals surface area contributed by atoms with E-state index in [0.29, 0.717) is 12.8 Å². The molecule has 0 aliphatic carbocycles. The first-order chi connectivity index (χ1) is 7.15. The summed E-state index contributed by atoms with van der Waals surface area (Å²) in [5.74, 6) is -0.0392. The maximum atomic E-state index is 11.5. The molecule has 1 atom stereocenters. The zero-order valence-electron chi connectivity index (χ0n) is 9.37. The third-order valence-corrected chi connectivity index (χ3v) is 2.93. The Kier molecular flexibility index (Phi) is 4.59. The second-order valence-corrected chi connectivity index (χ2v) is 4.14. The summed E-state index contributed by atoms with van der Waals surface area (Å²) >= 11 is 0. The topological polar surface area (TPSA) is 63.4 Å². The van der Waals surface area contributed by atoms with Crippen LogP contribution >= 0.6 is 0 Å². The SMILES string of the molecule is CCCCN1C(=O)CC[C@@H]1CCC(N)=O. The minimum Gasteiger partial charge on any atom is -0.370 e. The van der Waals surface area contributed by atoms with Crippen LogP contribution in [-0.2, 0) is 9.59 Å². The molecule has 0 saturated carbocycles. The summed E-state index contributed by atoms with van der Waals surface area (Å²) in [7, 11) is 0. The number of rotatable bonds is 6. The first-order valence-electron chi connectivity index (χ1n) is 5.73. The fourth-order valence-electron chi connectivity index (χ4n) is 2.04. The Morgan fingerprint density at radius 3 is 2.93 bits per heavy atom.